The predicted molar refractivity (Wildman–Crippen MR) is 68.7 cm³/mol. The molecule has 1 saturated heterocycles. The van der Waals surface area contributed by atoms with E-state index in [0.29, 0.717) is 23.6 Å². The molecular formula is C13H18N2O3. The molecule has 2 rings (SSSR count). The molecule has 1 amide bonds. The molecule has 3 N–H and O–H groups in total. The summed E-state index contributed by atoms with van der Waals surface area (Å²) in [7, 11) is 1.53. The van der Waals surface area contributed by atoms with Gasteiger partial charge < -0.3 is 20.5 Å². The minimum absolute atomic E-state index is 0.0598. The fraction of sp³-hybridized carbons (Fsp3) is 0.462. The summed E-state index contributed by atoms with van der Waals surface area (Å²) >= 11 is 0. The quantitative estimate of drug-likeness (QED) is 0.790. The van der Waals surface area contributed by atoms with Crippen LogP contribution in [0, 0.1) is 0 Å². The number of benzene rings is 1. The summed E-state index contributed by atoms with van der Waals surface area (Å²) in [5.74, 6) is 0.383. The fourth-order valence-corrected chi connectivity index (χ4v) is 2.03. The van der Waals surface area contributed by atoms with E-state index in [4.69, 9.17) is 15.2 Å². The van der Waals surface area contributed by atoms with Crippen molar-refractivity contribution in [2.75, 3.05) is 19.5 Å². The van der Waals surface area contributed by atoms with Crippen molar-refractivity contribution in [2.45, 2.75) is 25.5 Å². The molecule has 0 bridgehead atoms. The summed E-state index contributed by atoms with van der Waals surface area (Å²) in [4.78, 5) is 12.1. The Bertz CT molecular complexity index is 448. The molecule has 0 aliphatic carbocycles. The van der Waals surface area contributed by atoms with Gasteiger partial charge in [0.15, 0.2) is 0 Å². The third kappa shape index (κ3) is 2.56. The zero-order valence-corrected chi connectivity index (χ0v) is 10.6. The standard InChI is InChI=1S/C13H18N2O3/c1-8-11(5-6-18-8)15-13(16)9-3-4-10(14)12(7-9)17-2/h3-4,7-8,11H,5-6,14H2,1-2H3,(H,15,16). The van der Waals surface area contributed by atoms with Crippen molar-refractivity contribution in [3.8, 4) is 5.75 Å². The monoisotopic (exact) mass is 250 g/mol. The molecule has 5 nitrogen and oxygen atoms in total. The number of methoxy groups -OCH3 is 1. The molecule has 1 aromatic rings. The zero-order chi connectivity index (χ0) is 13.1. The topological polar surface area (TPSA) is 73.6 Å². The number of rotatable bonds is 3. The molecule has 1 heterocycles. The van der Waals surface area contributed by atoms with Crippen LogP contribution in [0.3, 0.4) is 0 Å². The number of nitrogens with two attached hydrogens (primary N) is 1. The van der Waals surface area contributed by atoms with E-state index in [1.165, 1.54) is 7.11 Å². The third-order valence-corrected chi connectivity index (χ3v) is 3.19. The van der Waals surface area contributed by atoms with Crippen LogP contribution in [0.1, 0.15) is 23.7 Å². The minimum Gasteiger partial charge on any atom is -0.495 e. The van der Waals surface area contributed by atoms with E-state index in [1.807, 2.05) is 6.92 Å². The zero-order valence-electron chi connectivity index (χ0n) is 10.6. The lowest BCUT2D eigenvalue weighted by atomic mass is 10.1. The molecule has 1 aliphatic heterocycles. The summed E-state index contributed by atoms with van der Waals surface area (Å²) in [5.41, 5.74) is 6.77. The van der Waals surface area contributed by atoms with Crippen molar-refractivity contribution in [1.29, 1.82) is 0 Å². The number of anilines is 1. The number of nitrogens with one attached hydrogen (secondary N) is 1. The molecule has 1 aromatic carbocycles. The second-order valence-corrected chi connectivity index (χ2v) is 4.40. The van der Waals surface area contributed by atoms with E-state index in [-0.39, 0.29) is 18.1 Å². The van der Waals surface area contributed by atoms with Crippen molar-refractivity contribution in [2.24, 2.45) is 0 Å². The number of hydrogen-bond acceptors (Lipinski definition) is 4. The lowest BCUT2D eigenvalue weighted by Gasteiger charge is -2.16. The second-order valence-electron chi connectivity index (χ2n) is 4.40. The molecule has 2 atom stereocenters. The lowest BCUT2D eigenvalue weighted by Crippen LogP contribution is -2.39. The van der Waals surface area contributed by atoms with Gasteiger partial charge in [-0.3, -0.25) is 4.79 Å². The van der Waals surface area contributed by atoms with E-state index in [2.05, 4.69) is 5.32 Å². The van der Waals surface area contributed by atoms with Crippen molar-refractivity contribution < 1.29 is 14.3 Å². The molecule has 98 valence electrons. The van der Waals surface area contributed by atoms with Crippen LogP contribution in [0.15, 0.2) is 18.2 Å². The van der Waals surface area contributed by atoms with Gasteiger partial charge in [-0.1, -0.05) is 0 Å². The number of carbonyl (C=O) groups is 1. The second kappa shape index (κ2) is 5.27. The fourth-order valence-electron chi connectivity index (χ4n) is 2.03. The molecular weight excluding hydrogens is 232 g/mol. The minimum atomic E-state index is -0.129. The SMILES string of the molecule is COc1cc(C(=O)NC2CCOC2C)ccc1N. The van der Waals surface area contributed by atoms with Gasteiger partial charge in [-0.15, -0.1) is 0 Å². The van der Waals surface area contributed by atoms with Crippen LogP contribution in [0.4, 0.5) is 5.69 Å². The summed E-state index contributed by atoms with van der Waals surface area (Å²) in [5, 5.41) is 2.96. The number of carbonyl (C=O) groups excluding carboxylic acids is 1. The van der Waals surface area contributed by atoms with Crippen LogP contribution in [0.2, 0.25) is 0 Å². The Morgan fingerprint density at radius 1 is 1.56 bits per heavy atom. The summed E-state index contributed by atoms with van der Waals surface area (Å²) in [6.45, 7) is 2.65. The van der Waals surface area contributed by atoms with Gasteiger partial charge in [-0.05, 0) is 31.5 Å². The molecule has 1 aliphatic rings. The molecule has 2 unspecified atom stereocenters. The van der Waals surface area contributed by atoms with Crippen LogP contribution in [-0.4, -0.2) is 31.8 Å². The number of nitrogen functional groups attached to an aromatic ring is 1. The smallest absolute Gasteiger partial charge is 0.251 e. The lowest BCUT2D eigenvalue weighted by molar-refractivity contribution is 0.0866. The highest BCUT2D eigenvalue weighted by molar-refractivity contribution is 5.95. The van der Waals surface area contributed by atoms with Crippen molar-refractivity contribution in [1.82, 2.24) is 5.32 Å². The number of ether oxygens (including phenoxy) is 2. The average Bonchev–Trinajstić information content (AvgIpc) is 2.75. The van der Waals surface area contributed by atoms with Gasteiger partial charge in [0.25, 0.3) is 5.91 Å². The first-order valence-electron chi connectivity index (χ1n) is 5.98. The molecule has 5 heteroatoms. The van der Waals surface area contributed by atoms with E-state index in [0.717, 1.165) is 6.42 Å². The first-order valence-corrected chi connectivity index (χ1v) is 5.98. The molecule has 0 spiro atoms. The maximum absolute atomic E-state index is 12.1. The normalized spacial score (nSPS) is 22.8. The van der Waals surface area contributed by atoms with Crippen LogP contribution in [-0.2, 0) is 4.74 Å². The Morgan fingerprint density at radius 3 is 2.94 bits per heavy atom. The summed E-state index contributed by atoms with van der Waals surface area (Å²) in [6.07, 6.45) is 0.906. The van der Waals surface area contributed by atoms with Crippen molar-refractivity contribution in [3.05, 3.63) is 23.8 Å². The Hall–Kier alpha value is -1.75. The average molecular weight is 250 g/mol. The van der Waals surface area contributed by atoms with E-state index in [9.17, 15) is 4.79 Å². The molecule has 1 fully saturated rings. The van der Waals surface area contributed by atoms with E-state index >= 15 is 0 Å². The first-order chi connectivity index (χ1) is 8.61. The Morgan fingerprint density at radius 2 is 2.33 bits per heavy atom. The van der Waals surface area contributed by atoms with Crippen molar-refractivity contribution in [3.63, 3.8) is 0 Å². The number of hydrogen-bond donors (Lipinski definition) is 2. The highest BCUT2D eigenvalue weighted by atomic mass is 16.5. The molecule has 0 aromatic heterocycles. The largest absolute Gasteiger partial charge is 0.495 e. The maximum Gasteiger partial charge on any atom is 0.251 e. The van der Waals surface area contributed by atoms with Gasteiger partial charge in [-0.25, -0.2) is 0 Å². The summed E-state index contributed by atoms with van der Waals surface area (Å²) in [6, 6.07) is 5.07. The highest BCUT2D eigenvalue weighted by Crippen LogP contribution is 2.22. The number of amides is 1. The van der Waals surface area contributed by atoms with Gasteiger partial charge in [-0.2, -0.15) is 0 Å². The Balaban J connectivity index is 2.09. The molecule has 18 heavy (non-hydrogen) atoms. The Kier molecular flexibility index (Phi) is 3.72. The van der Waals surface area contributed by atoms with E-state index in [1.54, 1.807) is 18.2 Å². The third-order valence-electron chi connectivity index (χ3n) is 3.19. The Labute approximate surface area is 106 Å². The first kappa shape index (κ1) is 12.7. The van der Waals surface area contributed by atoms with Gasteiger partial charge >= 0.3 is 0 Å². The van der Waals surface area contributed by atoms with Gasteiger partial charge in [0, 0.05) is 12.2 Å². The van der Waals surface area contributed by atoms with Gasteiger partial charge in [0.1, 0.15) is 5.75 Å². The van der Waals surface area contributed by atoms with Crippen LogP contribution >= 0.6 is 0 Å². The van der Waals surface area contributed by atoms with Crippen LogP contribution in [0.25, 0.3) is 0 Å². The van der Waals surface area contributed by atoms with Crippen LogP contribution in [0.5, 0.6) is 5.75 Å². The van der Waals surface area contributed by atoms with Crippen molar-refractivity contribution >= 4 is 11.6 Å². The van der Waals surface area contributed by atoms with E-state index < -0.39 is 0 Å². The molecule has 0 saturated carbocycles. The highest BCUT2D eigenvalue weighted by Gasteiger charge is 2.26. The molecule has 0 radical (unpaired) electrons. The summed E-state index contributed by atoms with van der Waals surface area (Å²) < 4.78 is 10.5. The van der Waals surface area contributed by atoms with Gasteiger partial charge in [0.2, 0.25) is 0 Å². The van der Waals surface area contributed by atoms with Gasteiger partial charge in [0.05, 0.1) is 24.9 Å². The maximum atomic E-state index is 12.1. The predicted octanol–water partition coefficient (Wildman–Crippen LogP) is 1.18. The van der Waals surface area contributed by atoms with Crippen LogP contribution < -0.4 is 15.8 Å².